The third kappa shape index (κ3) is 3.63. The molecule has 1 N–H and O–H groups in total. The quantitative estimate of drug-likeness (QED) is 0.795. The molecule has 0 aromatic heterocycles. The lowest BCUT2D eigenvalue weighted by atomic mass is 9.94. The van der Waals surface area contributed by atoms with Crippen molar-refractivity contribution >= 4 is 27.5 Å². The zero-order valence-corrected chi connectivity index (χ0v) is 14.3. The molecule has 1 nitrogen and oxygen atoms in total. The Morgan fingerprint density at radius 2 is 1.90 bits per heavy atom. The van der Waals surface area contributed by atoms with Crippen LogP contribution in [0.3, 0.4) is 0 Å². The van der Waals surface area contributed by atoms with E-state index in [-0.39, 0.29) is 0 Å². The molecule has 2 aromatic carbocycles. The largest absolute Gasteiger partial charge is 0.313 e. The minimum Gasteiger partial charge on any atom is -0.313 e. The molecule has 0 radical (unpaired) electrons. The minimum atomic E-state index is 0.292. The van der Waals surface area contributed by atoms with E-state index >= 15 is 0 Å². The van der Waals surface area contributed by atoms with Crippen LogP contribution in [0.15, 0.2) is 40.9 Å². The van der Waals surface area contributed by atoms with Crippen molar-refractivity contribution in [2.75, 3.05) is 7.05 Å². The third-order valence-corrected chi connectivity index (χ3v) is 4.69. The first-order valence-corrected chi connectivity index (χ1v) is 7.86. The third-order valence-electron chi connectivity index (χ3n) is 3.60. The molecule has 2 aromatic rings. The van der Waals surface area contributed by atoms with Crippen LogP contribution in [0.5, 0.6) is 0 Å². The van der Waals surface area contributed by atoms with Gasteiger partial charge in [-0.15, -0.1) is 0 Å². The first-order chi connectivity index (χ1) is 9.51. The Balaban J connectivity index is 2.31. The van der Waals surface area contributed by atoms with Crippen molar-refractivity contribution in [3.63, 3.8) is 0 Å². The van der Waals surface area contributed by atoms with Crippen molar-refractivity contribution in [2.45, 2.75) is 26.3 Å². The SMILES string of the molecule is CNC(Cc1cccc(Cl)c1)c1cc(C)c(Br)cc1C. The molecule has 0 aliphatic rings. The van der Waals surface area contributed by atoms with Crippen molar-refractivity contribution in [2.24, 2.45) is 0 Å². The molecule has 1 unspecified atom stereocenters. The van der Waals surface area contributed by atoms with E-state index in [0.29, 0.717) is 6.04 Å². The highest BCUT2D eigenvalue weighted by atomic mass is 79.9. The van der Waals surface area contributed by atoms with Crippen molar-refractivity contribution in [3.05, 3.63) is 68.1 Å². The molecule has 0 saturated carbocycles. The molecule has 0 fully saturated rings. The van der Waals surface area contributed by atoms with Crippen LogP contribution in [0.1, 0.15) is 28.3 Å². The van der Waals surface area contributed by atoms with Gasteiger partial charge in [0.15, 0.2) is 0 Å². The van der Waals surface area contributed by atoms with Gasteiger partial charge in [0.1, 0.15) is 0 Å². The molecule has 0 spiro atoms. The lowest BCUT2D eigenvalue weighted by molar-refractivity contribution is 0.588. The van der Waals surface area contributed by atoms with Gasteiger partial charge >= 0.3 is 0 Å². The van der Waals surface area contributed by atoms with Gasteiger partial charge in [-0.2, -0.15) is 0 Å². The Bertz CT molecular complexity index is 610. The number of nitrogens with one attached hydrogen (secondary N) is 1. The summed E-state index contributed by atoms with van der Waals surface area (Å²) in [6, 6.07) is 12.8. The number of halogens is 2. The first-order valence-electron chi connectivity index (χ1n) is 6.69. The average Bonchev–Trinajstić information content (AvgIpc) is 2.40. The summed E-state index contributed by atoms with van der Waals surface area (Å²) in [4.78, 5) is 0. The Kier molecular flexibility index (Phi) is 5.25. The van der Waals surface area contributed by atoms with Crippen molar-refractivity contribution in [3.8, 4) is 0 Å². The molecular formula is C17H19BrClN. The predicted octanol–water partition coefficient (Wildman–Crippen LogP) is 5.22. The number of hydrogen-bond donors (Lipinski definition) is 1. The van der Waals surface area contributed by atoms with Crippen LogP contribution >= 0.6 is 27.5 Å². The summed E-state index contributed by atoms with van der Waals surface area (Å²) in [5.41, 5.74) is 5.14. The summed E-state index contributed by atoms with van der Waals surface area (Å²) < 4.78 is 1.16. The predicted molar refractivity (Wildman–Crippen MR) is 90.6 cm³/mol. The van der Waals surface area contributed by atoms with E-state index in [2.05, 4.69) is 53.3 Å². The minimum absolute atomic E-state index is 0.292. The molecule has 0 heterocycles. The van der Waals surface area contributed by atoms with Gasteiger partial charge in [0.2, 0.25) is 0 Å². The number of likely N-dealkylation sites (N-methyl/N-ethyl adjacent to an activating group) is 1. The van der Waals surface area contributed by atoms with Gasteiger partial charge in [-0.1, -0.05) is 45.7 Å². The molecule has 3 heteroatoms. The molecule has 1 atom stereocenters. The molecule has 0 saturated heterocycles. The topological polar surface area (TPSA) is 12.0 Å². The standard InChI is InChI=1S/C17H19BrClN/c1-11-8-16(18)12(2)7-15(11)17(20-3)10-13-5-4-6-14(19)9-13/h4-9,17,20H,10H2,1-3H3. The van der Waals surface area contributed by atoms with E-state index in [9.17, 15) is 0 Å². The molecule has 0 bridgehead atoms. The Morgan fingerprint density at radius 1 is 1.15 bits per heavy atom. The van der Waals surface area contributed by atoms with Gasteiger partial charge in [-0.05, 0) is 67.8 Å². The average molecular weight is 353 g/mol. The van der Waals surface area contributed by atoms with Crippen LogP contribution in [0.25, 0.3) is 0 Å². The fourth-order valence-electron chi connectivity index (χ4n) is 2.45. The maximum absolute atomic E-state index is 6.07. The fraction of sp³-hybridized carbons (Fsp3) is 0.294. The molecule has 0 aliphatic carbocycles. The van der Waals surface area contributed by atoms with E-state index in [1.54, 1.807) is 0 Å². The zero-order valence-electron chi connectivity index (χ0n) is 12.0. The van der Waals surface area contributed by atoms with Gasteiger partial charge in [0.05, 0.1) is 0 Å². The van der Waals surface area contributed by atoms with Crippen molar-refractivity contribution in [1.29, 1.82) is 0 Å². The number of benzene rings is 2. The Labute approximate surface area is 134 Å². The van der Waals surface area contributed by atoms with Crippen LogP contribution in [0, 0.1) is 13.8 Å². The van der Waals surface area contributed by atoms with E-state index < -0.39 is 0 Å². The summed E-state index contributed by atoms with van der Waals surface area (Å²) in [5.74, 6) is 0. The Hall–Kier alpha value is -0.830. The highest BCUT2D eigenvalue weighted by molar-refractivity contribution is 9.10. The molecule has 0 aliphatic heterocycles. The number of rotatable bonds is 4. The van der Waals surface area contributed by atoms with Crippen LogP contribution < -0.4 is 5.32 Å². The van der Waals surface area contributed by atoms with Gasteiger partial charge in [-0.3, -0.25) is 0 Å². The molecule has 0 amide bonds. The smallest absolute Gasteiger partial charge is 0.0408 e. The maximum Gasteiger partial charge on any atom is 0.0408 e. The zero-order chi connectivity index (χ0) is 14.7. The van der Waals surface area contributed by atoms with Crippen molar-refractivity contribution in [1.82, 2.24) is 5.32 Å². The van der Waals surface area contributed by atoms with Crippen LogP contribution in [-0.2, 0) is 6.42 Å². The second-order valence-corrected chi connectivity index (χ2v) is 6.42. The first kappa shape index (κ1) is 15.6. The van der Waals surface area contributed by atoms with E-state index in [1.807, 2.05) is 25.2 Å². The lowest BCUT2D eigenvalue weighted by Crippen LogP contribution is -2.20. The Morgan fingerprint density at radius 3 is 2.55 bits per heavy atom. The van der Waals surface area contributed by atoms with E-state index in [1.165, 1.54) is 22.3 Å². The molecular weight excluding hydrogens is 334 g/mol. The monoisotopic (exact) mass is 351 g/mol. The summed E-state index contributed by atoms with van der Waals surface area (Å²) >= 11 is 9.66. The second-order valence-electron chi connectivity index (χ2n) is 5.13. The van der Waals surface area contributed by atoms with Crippen molar-refractivity contribution < 1.29 is 0 Å². The fourth-order valence-corrected chi connectivity index (χ4v) is 3.12. The van der Waals surface area contributed by atoms with Gasteiger partial charge < -0.3 is 5.32 Å². The maximum atomic E-state index is 6.07. The van der Waals surface area contributed by atoms with Gasteiger partial charge in [-0.25, -0.2) is 0 Å². The summed E-state index contributed by atoms with van der Waals surface area (Å²) in [6.07, 6.45) is 0.930. The second kappa shape index (κ2) is 6.75. The van der Waals surface area contributed by atoms with Crippen LogP contribution in [0.2, 0.25) is 5.02 Å². The van der Waals surface area contributed by atoms with E-state index in [0.717, 1.165) is 15.9 Å². The number of aryl methyl sites for hydroxylation is 2. The summed E-state index contributed by atoms with van der Waals surface area (Å²) in [7, 11) is 2.01. The highest BCUT2D eigenvalue weighted by Crippen LogP contribution is 2.27. The summed E-state index contributed by atoms with van der Waals surface area (Å²) in [6.45, 7) is 4.28. The number of hydrogen-bond acceptors (Lipinski definition) is 1. The van der Waals surface area contributed by atoms with E-state index in [4.69, 9.17) is 11.6 Å². The normalized spacial score (nSPS) is 12.4. The summed E-state index contributed by atoms with van der Waals surface area (Å²) in [5, 5.41) is 4.21. The van der Waals surface area contributed by atoms with Gasteiger partial charge in [0.25, 0.3) is 0 Å². The highest BCUT2D eigenvalue weighted by Gasteiger charge is 2.14. The van der Waals surface area contributed by atoms with Crippen LogP contribution in [-0.4, -0.2) is 7.05 Å². The van der Waals surface area contributed by atoms with Gasteiger partial charge in [0, 0.05) is 15.5 Å². The molecule has 106 valence electrons. The molecule has 20 heavy (non-hydrogen) atoms. The van der Waals surface area contributed by atoms with Crippen LogP contribution in [0.4, 0.5) is 0 Å². The lowest BCUT2D eigenvalue weighted by Gasteiger charge is -2.20. The molecule has 2 rings (SSSR count).